The molecule has 0 saturated carbocycles. The van der Waals surface area contributed by atoms with Gasteiger partial charge in [-0.05, 0) is 66.1 Å². The van der Waals surface area contributed by atoms with Crippen molar-refractivity contribution in [3.8, 4) is 23.0 Å². The summed E-state index contributed by atoms with van der Waals surface area (Å²) in [6.07, 6.45) is 0.913. The van der Waals surface area contributed by atoms with Gasteiger partial charge in [0.2, 0.25) is 6.79 Å². The number of fused-ring (bicyclic) bond motifs is 1. The Bertz CT molecular complexity index is 1400. The number of rotatable bonds is 12. The van der Waals surface area contributed by atoms with Gasteiger partial charge in [0.25, 0.3) is 0 Å². The minimum absolute atomic E-state index is 0. The number of likely N-dealkylation sites (N-methyl/N-ethyl adjacent to an activating group) is 1. The topological polar surface area (TPSA) is 117 Å². The van der Waals surface area contributed by atoms with Crippen LogP contribution in [0.4, 0.5) is 0 Å². The van der Waals surface area contributed by atoms with E-state index in [1.807, 2.05) is 52.3 Å². The number of Topliss-reactive ketones (excluding diaryl/α,β-unsaturated/α-hetero) is 1. The molecule has 0 atom stereocenters. The molecule has 1 aliphatic heterocycles. The monoisotopic (exact) mass is 599 g/mol. The van der Waals surface area contributed by atoms with Crippen molar-refractivity contribution in [2.45, 2.75) is 19.8 Å². The van der Waals surface area contributed by atoms with Crippen LogP contribution in [-0.4, -0.2) is 71.0 Å². The molecule has 0 fully saturated rings. The van der Waals surface area contributed by atoms with Crippen LogP contribution >= 0.6 is 0 Å². The number of allylic oxidation sites excluding steroid dienone is 1. The molecular formula is C33H38NNaO8. The number of hydrogen-bond donors (Lipinski definition) is 0. The molecular weight excluding hydrogens is 561 g/mol. The summed E-state index contributed by atoms with van der Waals surface area (Å²) in [6, 6.07) is 18.6. The Morgan fingerprint density at radius 1 is 0.907 bits per heavy atom. The first-order valence-corrected chi connectivity index (χ1v) is 13.7. The van der Waals surface area contributed by atoms with Crippen LogP contribution in [0.25, 0.3) is 5.57 Å². The SMILES string of the molecule is CCCOc1cccc(C/C(C(=O)c2ccc(OC)cc2)=C(/C(=O)[O-])c2ccc3c(c2)OCO3)c1.C[N+](C)(C)CC[O-].[Na+]. The van der Waals surface area contributed by atoms with Gasteiger partial charge in [-0.2, -0.15) is 0 Å². The maximum absolute atomic E-state index is 13.7. The molecule has 0 aromatic heterocycles. The van der Waals surface area contributed by atoms with Gasteiger partial charge in [0.15, 0.2) is 17.3 Å². The van der Waals surface area contributed by atoms with E-state index in [1.54, 1.807) is 42.5 Å². The van der Waals surface area contributed by atoms with Crippen LogP contribution in [0.2, 0.25) is 0 Å². The second-order valence-corrected chi connectivity index (χ2v) is 10.7. The van der Waals surface area contributed by atoms with Crippen molar-refractivity contribution in [2.75, 3.05) is 54.8 Å². The number of methoxy groups -OCH3 is 1. The van der Waals surface area contributed by atoms with Gasteiger partial charge in [-0.25, -0.2) is 0 Å². The second-order valence-electron chi connectivity index (χ2n) is 10.7. The third-order valence-corrected chi connectivity index (χ3v) is 6.31. The van der Waals surface area contributed by atoms with Gasteiger partial charge in [0.05, 0.1) is 47.4 Å². The minimum atomic E-state index is -1.46. The first-order valence-electron chi connectivity index (χ1n) is 13.7. The fourth-order valence-electron chi connectivity index (χ4n) is 4.11. The van der Waals surface area contributed by atoms with Crippen molar-refractivity contribution in [2.24, 2.45) is 0 Å². The summed E-state index contributed by atoms with van der Waals surface area (Å²) in [7, 11) is 7.57. The fraction of sp³-hybridized carbons (Fsp3) is 0.333. The number of ether oxygens (including phenoxy) is 4. The number of quaternary nitrogens is 1. The molecule has 0 N–H and O–H groups in total. The number of carboxylic acid groups (broad SMARTS) is 1. The molecule has 0 radical (unpaired) electrons. The second kappa shape index (κ2) is 17.1. The number of ketones is 1. The Morgan fingerprint density at radius 2 is 1.58 bits per heavy atom. The van der Waals surface area contributed by atoms with E-state index in [-0.39, 0.29) is 60.5 Å². The first-order chi connectivity index (χ1) is 20.1. The molecule has 1 heterocycles. The van der Waals surface area contributed by atoms with Crippen LogP contribution in [0.15, 0.2) is 72.3 Å². The molecule has 0 aliphatic carbocycles. The van der Waals surface area contributed by atoms with Gasteiger partial charge < -0.3 is 38.4 Å². The van der Waals surface area contributed by atoms with Crippen LogP contribution in [0.3, 0.4) is 0 Å². The van der Waals surface area contributed by atoms with Crippen LogP contribution in [0, 0.1) is 0 Å². The molecule has 0 amide bonds. The van der Waals surface area contributed by atoms with Gasteiger partial charge >= 0.3 is 29.6 Å². The summed E-state index contributed by atoms with van der Waals surface area (Å²) in [5.41, 5.74) is 1.24. The zero-order chi connectivity index (χ0) is 30.7. The third-order valence-electron chi connectivity index (χ3n) is 6.31. The van der Waals surface area contributed by atoms with E-state index in [1.165, 1.54) is 7.11 Å². The molecule has 1 aliphatic rings. The Balaban J connectivity index is 0.000000721. The summed E-state index contributed by atoms with van der Waals surface area (Å²) in [5.74, 6) is 0.272. The normalized spacial score (nSPS) is 12.2. The first kappa shape index (κ1) is 35.9. The van der Waals surface area contributed by atoms with E-state index < -0.39 is 11.8 Å². The number of nitrogens with zero attached hydrogens (tertiary/aromatic N) is 1. The fourth-order valence-corrected chi connectivity index (χ4v) is 4.11. The Labute approximate surface area is 275 Å². The van der Waals surface area contributed by atoms with Crippen molar-refractivity contribution < 1.29 is 72.8 Å². The maximum Gasteiger partial charge on any atom is 1.00 e. The van der Waals surface area contributed by atoms with Crippen molar-refractivity contribution in [1.29, 1.82) is 0 Å². The van der Waals surface area contributed by atoms with E-state index in [0.29, 0.717) is 40.7 Å². The predicted octanol–water partition coefficient (Wildman–Crippen LogP) is -0.101. The number of carboxylic acids is 1. The summed E-state index contributed by atoms with van der Waals surface area (Å²) < 4.78 is 22.4. The molecule has 0 spiro atoms. The Morgan fingerprint density at radius 3 is 2.16 bits per heavy atom. The van der Waals surface area contributed by atoms with E-state index in [0.717, 1.165) is 23.0 Å². The van der Waals surface area contributed by atoms with Crippen molar-refractivity contribution in [1.82, 2.24) is 0 Å². The molecule has 0 bridgehead atoms. The minimum Gasteiger partial charge on any atom is -0.850 e. The van der Waals surface area contributed by atoms with Crippen molar-refractivity contribution in [3.63, 3.8) is 0 Å². The predicted molar refractivity (Wildman–Crippen MR) is 156 cm³/mol. The molecule has 4 rings (SSSR count). The van der Waals surface area contributed by atoms with E-state index in [2.05, 4.69) is 0 Å². The largest absolute Gasteiger partial charge is 1.00 e. The van der Waals surface area contributed by atoms with Crippen LogP contribution in [0.1, 0.15) is 34.8 Å². The smallest absolute Gasteiger partial charge is 0.850 e. The van der Waals surface area contributed by atoms with Crippen LogP contribution < -0.4 is 58.7 Å². The van der Waals surface area contributed by atoms with Gasteiger partial charge in [0.1, 0.15) is 11.5 Å². The zero-order valence-electron chi connectivity index (χ0n) is 25.8. The Kier molecular flexibility index (Phi) is 14.2. The van der Waals surface area contributed by atoms with Crippen LogP contribution in [-0.2, 0) is 11.2 Å². The molecule has 43 heavy (non-hydrogen) atoms. The summed E-state index contributed by atoms with van der Waals surface area (Å²) in [5, 5.41) is 22.4. The molecule has 3 aromatic rings. The average molecular weight is 600 g/mol. The van der Waals surface area contributed by atoms with E-state index in [9.17, 15) is 19.8 Å². The maximum atomic E-state index is 13.7. The number of carbonyl (C=O) groups excluding carboxylic acids is 2. The Hall–Kier alpha value is -3.34. The average Bonchev–Trinajstić information content (AvgIpc) is 3.43. The molecule has 3 aromatic carbocycles. The summed E-state index contributed by atoms with van der Waals surface area (Å²) in [4.78, 5) is 26.1. The van der Waals surface area contributed by atoms with Crippen molar-refractivity contribution in [3.05, 3.63) is 89.0 Å². The zero-order valence-corrected chi connectivity index (χ0v) is 27.8. The van der Waals surface area contributed by atoms with Crippen molar-refractivity contribution >= 4 is 17.3 Å². The molecule has 0 unspecified atom stereocenters. The standard InChI is InChI=1S/C28H26O7.C5H13NO.Na/c1-3-13-33-22-6-4-5-18(14-22)15-23(27(29)19-7-10-21(32-2)11-8-19)26(28(30)31)20-9-12-24-25(16-20)35-17-34-24;1-6(2,3)4-5-7;/h4-12,14,16H,3,13,15,17H2,1-2H3,(H,30,31);4-5H2,1-3H3;/q;;+1/p-1/b26-23-;;. The van der Waals surface area contributed by atoms with Crippen LogP contribution in [0.5, 0.6) is 23.0 Å². The van der Waals surface area contributed by atoms with Gasteiger partial charge in [0, 0.05) is 23.1 Å². The van der Waals surface area contributed by atoms with Gasteiger partial charge in [-0.3, -0.25) is 4.79 Å². The molecule has 9 nitrogen and oxygen atoms in total. The quantitative estimate of drug-likeness (QED) is 0.123. The van der Waals surface area contributed by atoms with E-state index >= 15 is 0 Å². The number of aliphatic carboxylic acids is 1. The number of carbonyl (C=O) groups is 2. The van der Waals surface area contributed by atoms with Gasteiger partial charge in [-0.15, -0.1) is 0 Å². The molecule has 10 heteroatoms. The third kappa shape index (κ3) is 10.7. The number of benzene rings is 3. The van der Waals surface area contributed by atoms with E-state index in [4.69, 9.17) is 18.9 Å². The van der Waals surface area contributed by atoms with Gasteiger partial charge in [-0.1, -0.05) is 31.7 Å². The molecule has 224 valence electrons. The number of hydrogen-bond acceptors (Lipinski definition) is 8. The summed E-state index contributed by atoms with van der Waals surface area (Å²) in [6.45, 7) is 3.36. The summed E-state index contributed by atoms with van der Waals surface area (Å²) >= 11 is 0. The molecule has 0 saturated heterocycles.